The van der Waals surface area contributed by atoms with Crippen molar-refractivity contribution in [3.05, 3.63) is 29.8 Å². The monoisotopic (exact) mass is 316 g/mol. The Morgan fingerprint density at radius 1 is 1.14 bits per heavy atom. The molecule has 0 spiro atoms. The summed E-state index contributed by atoms with van der Waals surface area (Å²) in [6.07, 6.45) is 1.87. The maximum Gasteiger partial charge on any atom is 0.233 e. The molecule has 0 aliphatic heterocycles. The number of carbonyl (C=O) groups excluding carboxylic acids is 1. The van der Waals surface area contributed by atoms with Crippen LogP contribution in [0.15, 0.2) is 24.3 Å². The molecule has 0 aromatic heterocycles. The number of aryl methyl sites for hydroxylation is 1. The van der Waals surface area contributed by atoms with Gasteiger partial charge in [-0.2, -0.15) is 0 Å². The summed E-state index contributed by atoms with van der Waals surface area (Å²) in [5, 5.41) is 5.89. The van der Waals surface area contributed by atoms with Crippen LogP contribution in [0.2, 0.25) is 0 Å². The number of nitrogens with one attached hydrogen (secondary N) is 2. The van der Waals surface area contributed by atoms with Crippen LogP contribution in [-0.2, 0) is 16.0 Å². The van der Waals surface area contributed by atoms with E-state index in [0.29, 0.717) is 26.2 Å². The number of hydrogen-bond acceptors (Lipinski definition) is 4. The van der Waals surface area contributed by atoms with E-state index >= 15 is 0 Å². The van der Waals surface area contributed by atoms with Crippen LogP contribution in [-0.4, -0.2) is 46.4 Å². The average molecular weight is 317 g/mol. The van der Waals surface area contributed by atoms with Crippen molar-refractivity contribution in [1.29, 1.82) is 0 Å². The Labute approximate surface area is 132 Å². The van der Waals surface area contributed by atoms with Gasteiger partial charge >= 0.3 is 0 Å². The van der Waals surface area contributed by atoms with Gasteiger partial charge in [0.2, 0.25) is 5.91 Å². The molecule has 1 aromatic carbocycles. The summed E-state index contributed by atoms with van der Waals surface area (Å²) >= 11 is 0. The highest BCUT2D eigenvalue weighted by Crippen LogP contribution is 2.12. The van der Waals surface area contributed by atoms with Crippen LogP contribution in [0.3, 0.4) is 0 Å². The van der Waals surface area contributed by atoms with E-state index in [1.54, 1.807) is 14.2 Å². The number of benzene rings is 1. The minimum absolute atomic E-state index is 0. The molecule has 0 unspecified atom stereocenters. The first-order valence-electron chi connectivity index (χ1n) is 6.85. The number of carbonyl (C=O) groups is 1. The molecule has 0 aliphatic rings. The molecule has 120 valence electrons. The predicted octanol–water partition coefficient (Wildman–Crippen LogP) is 1.40. The van der Waals surface area contributed by atoms with Crippen molar-refractivity contribution in [2.45, 2.75) is 12.8 Å². The summed E-state index contributed by atoms with van der Waals surface area (Å²) in [5.74, 6) is 0.889. The van der Waals surface area contributed by atoms with Gasteiger partial charge in [0.15, 0.2) is 0 Å². The normalized spacial score (nSPS) is 9.81. The molecule has 0 heterocycles. The standard InChI is InChI=1S/C15H24N2O3.ClH/c1-19-11-10-16-12-15(18)17-9-3-4-13-5-7-14(20-2)8-6-13;/h5-8,16H,3-4,9-12H2,1-2H3,(H,17,18);1H. The molecule has 6 heteroatoms. The van der Waals surface area contributed by atoms with Crippen molar-refractivity contribution in [3.63, 3.8) is 0 Å². The van der Waals surface area contributed by atoms with Crippen LogP contribution in [0.4, 0.5) is 0 Å². The minimum Gasteiger partial charge on any atom is -0.497 e. The molecule has 1 rings (SSSR count). The van der Waals surface area contributed by atoms with Gasteiger partial charge in [-0.1, -0.05) is 12.1 Å². The van der Waals surface area contributed by atoms with E-state index in [1.165, 1.54) is 5.56 Å². The zero-order chi connectivity index (χ0) is 14.6. The van der Waals surface area contributed by atoms with E-state index < -0.39 is 0 Å². The third-order valence-electron chi connectivity index (χ3n) is 2.89. The predicted molar refractivity (Wildman–Crippen MR) is 86.3 cm³/mol. The third kappa shape index (κ3) is 9.28. The van der Waals surface area contributed by atoms with Crippen LogP contribution in [0, 0.1) is 0 Å². The molecule has 2 N–H and O–H groups in total. The lowest BCUT2D eigenvalue weighted by Gasteiger charge is -2.07. The summed E-state index contributed by atoms with van der Waals surface area (Å²) in [5.41, 5.74) is 1.25. The largest absolute Gasteiger partial charge is 0.497 e. The summed E-state index contributed by atoms with van der Waals surface area (Å²) in [7, 11) is 3.30. The van der Waals surface area contributed by atoms with Gasteiger partial charge in [0.1, 0.15) is 5.75 Å². The molecular weight excluding hydrogens is 292 g/mol. The fourth-order valence-corrected chi connectivity index (χ4v) is 1.75. The van der Waals surface area contributed by atoms with E-state index in [4.69, 9.17) is 9.47 Å². The second kappa shape index (κ2) is 12.4. The van der Waals surface area contributed by atoms with Crippen molar-refractivity contribution in [1.82, 2.24) is 10.6 Å². The van der Waals surface area contributed by atoms with Crippen molar-refractivity contribution < 1.29 is 14.3 Å². The van der Waals surface area contributed by atoms with Gasteiger partial charge in [-0.3, -0.25) is 4.79 Å². The molecule has 1 amide bonds. The molecule has 0 saturated heterocycles. The van der Waals surface area contributed by atoms with E-state index in [0.717, 1.165) is 18.6 Å². The lowest BCUT2D eigenvalue weighted by Crippen LogP contribution is -2.35. The van der Waals surface area contributed by atoms with Gasteiger partial charge in [-0.05, 0) is 30.5 Å². The van der Waals surface area contributed by atoms with Crippen LogP contribution in [0.25, 0.3) is 0 Å². The van der Waals surface area contributed by atoms with Crippen molar-refractivity contribution in [3.8, 4) is 5.75 Å². The van der Waals surface area contributed by atoms with E-state index in [9.17, 15) is 4.79 Å². The summed E-state index contributed by atoms with van der Waals surface area (Å²) in [6.45, 7) is 2.34. The molecular formula is C15H25ClN2O3. The molecule has 0 aliphatic carbocycles. The summed E-state index contributed by atoms with van der Waals surface area (Å²) in [6, 6.07) is 8.00. The third-order valence-corrected chi connectivity index (χ3v) is 2.89. The number of hydrogen-bond donors (Lipinski definition) is 2. The quantitative estimate of drug-likeness (QED) is 0.641. The van der Waals surface area contributed by atoms with E-state index in [-0.39, 0.29) is 18.3 Å². The lowest BCUT2D eigenvalue weighted by molar-refractivity contribution is -0.120. The van der Waals surface area contributed by atoms with Crippen LogP contribution in [0.5, 0.6) is 5.75 Å². The zero-order valence-electron chi connectivity index (χ0n) is 12.7. The first kappa shape index (κ1) is 19.7. The highest BCUT2D eigenvalue weighted by atomic mass is 35.5. The van der Waals surface area contributed by atoms with Crippen molar-refractivity contribution in [2.75, 3.05) is 40.5 Å². The fourth-order valence-electron chi connectivity index (χ4n) is 1.75. The number of ether oxygens (including phenoxy) is 2. The minimum atomic E-state index is 0. The maximum atomic E-state index is 11.5. The first-order chi connectivity index (χ1) is 9.76. The molecule has 0 radical (unpaired) electrons. The number of methoxy groups -OCH3 is 2. The Morgan fingerprint density at radius 3 is 2.48 bits per heavy atom. The highest BCUT2D eigenvalue weighted by molar-refractivity contribution is 5.85. The van der Waals surface area contributed by atoms with Crippen molar-refractivity contribution >= 4 is 18.3 Å². The SMILES string of the molecule is COCCNCC(=O)NCCCc1ccc(OC)cc1.Cl. The van der Waals surface area contributed by atoms with Gasteiger partial charge in [-0.25, -0.2) is 0 Å². The van der Waals surface area contributed by atoms with Crippen molar-refractivity contribution in [2.24, 2.45) is 0 Å². The number of amides is 1. The molecule has 0 saturated carbocycles. The van der Waals surface area contributed by atoms with Gasteiger partial charge in [0, 0.05) is 20.2 Å². The highest BCUT2D eigenvalue weighted by Gasteiger charge is 2.00. The summed E-state index contributed by atoms with van der Waals surface area (Å²) < 4.78 is 9.99. The second-order valence-corrected chi connectivity index (χ2v) is 4.47. The number of rotatable bonds is 10. The Balaban J connectivity index is 0.00000400. The van der Waals surface area contributed by atoms with Crippen LogP contribution < -0.4 is 15.4 Å². The molecule has 1 aromatic rings. The van der Waals surface area contributed by atoms with Gasteiger partial charge in [0.25, 0.3) is 0 Å². The van der Waals surface area contributed by atoms with Gasteiger partial charge in [-0.15, -0.1) is 12.4 Å². The molecule has 0 atom stereocenters. The summed E-state index contributed by atoms with van der Waals surface area (Å²) in [4.78, 5) is 11.5. The molecule has 5 nitrogen and oxygen atoms in total. The lowest BCUT2D eigenvalue weighted by atomic mass is 10.1. The average Bonchev–Trinajstić information content (AvgIpc) is 2.49. The van der Waals surface area contributed by atoms with Gasteiger partial charge < -0.3 is 20.1 Å². The fraction of sp³-hybridized carbons (Fsp3) is 0.533. The van der Waals surface area contributed by atoms with Gasteiger partial charge in [0.05, 0.1) is 20.3 Å². The maximum absolute atomic E-state index is 11.5. The molecule has 0 bridgehead atoms. The van der Waals surface area contributed by atoms with E-state index in [2.05, 4.69) is 10.6 Å². The molecule has 0 fully saturated rings. The van der Waals surface area contributed by atoms with Crippen LogP contribution in [0.1, 0.15) is 12.0 Å². The zero-order valence-corrected chi connectivity index (χ0v) is 13.5. The molecule has 21 heavy (non-hydrogen) atoms. The Kier molecular flexibility index (Phi) is 11.7. The van der Waals surface area contributed by atoms with Crippen LogP contribution >= 0.6 is 12.4 Å². The smallest absolute Gasteiger partial charge is 0.233 e. The Bertz CT molecular complexity index is 385. The Hall–Kier alpha value is -1.30. The van der Waals surface area contributed by atoms with E-state index in [1.807, 2.05) is 24.3 Å². The second-order valence-electron chi connectivity index (χ2n) is 4.47. The number of halogens is 1. The first-order valence-corrected chi connectivity index (χ1v) is 6.85. The Morgan fingerprint density at radius 2 is 1.86 bits per heavy atom. The topological polar surface area (TPSA) is 59.6 Å².